The number of rotatable bonds is 6. The van der Waals surface area contributed by atoms with Crippen LogP contribution < -0.4 is 0 Å². The SMILES string of the molecule is CCCCCCC(=O)c1cccnc1C. The van der Waals surface area contributed by atoms with Crippen molar-refractivity contribution in [1.29, 1.82) is 0 Å². The lowest BCUT2D eigenvalue weighted by molar-refractivity contribution is 0.0978. The molecule has 0 atom stereocenters. The predicted octanol–water partition coefficient (Wildman–Crippen LogP) is 3.54. The Hall–Kier alpha value is -1.18. The Morgan fingerprint density at radius 1 is 1.33 bits per heavy atom. The van der Waals surface area contributed by atoms with Gasteiger partial charge in [0.1, 0.15) is 0 Å². The Kier molecular flexibility index (Phi) is 5.02. The van der Waals surface area contributed by atoms with Gasteiger partial charge < -0.3 is 0 Å². The first-order chi connectivity index (χ1) is 7.25. The van der Waals surface area contributed by atoms with Gasteiger partial charge in [0, 0.05) is 23.9 Å². The van der Waals surface area contributed by atoms with Gasteiger partial charge in [0.15, 0.2) is 5.78 Å². The summed E-state index contributed by atoms with van der Waals surface area (Å²) in [5, 5.41) is 0. The van der Waals surface area contributed by atoms with Crippen LogP contribution in [0.5, 0.6) is 0 Å². The average Bonchev–Trinajstić information content (AvgIpc) is 2.25. The molecule has 82 valence electrons. The largest absolute Gasteiger partial charge is 0.294 e. The van der Waals surface area contributed by atoms with Crippen molar-refractivity contribution < 1.29 is 4.79 Å². The van der Waals surface area contributed by atoms with E-state index >= 15 is 0 Å². The molecule has 2 heteroatoms. The van der Waals surface area contributed by atoms with Gasteiger partial charge in [0.2, 0.25) is 0 Å². The molecule has 15 heavy (non-hydrogen) atoms. The molecule has 0 fully saturated rings. The van der Waals surface area contributed by atoms with Crippen molar-refractivity contribution in [2.75, 3.05) is 0 Å². The summed E-state index contributed by atoms with van der Waals surface area (Å²) in [5.74, 6) is 0.233. The van der Waals surface area contributed by atoms with Crippen molar-refractivity contribution in [3.05, 3.63) is 29.6 Å². The van der Waals surface area contributed by atoms with Crippen LogP contribution in [0.3, 0.4) is 0 Å². The van der Waals surface area contributed by atoms with Gasteiger partial charge in [0.05, 0.1) is 0 Å². The second-order valence-electron chi connectivity index (χ2n) is 3.87. The molecule has 0 unspecified atom stereocenters. The van der Waals surface area contributed by atoms with Gasteiger partial charge in [-0.15, -0.1) is 0 Å². The summed E-state index contributed by atoms with van der Waals surface area (Å²) in [6, 6.07) is 3.69. The van der Waals surface area contributed by atoms with E-state index in [4.69, 9.17) is 0 Å². The summed E-state index contributed by atoms with van der Waals surface area (Å²) in [5.41, 5.74) is 1.63. The van der Waals surface area contributed by atoms with E-state index in [-0.39, 0.29) is 5.78 Å². The first kappa shape index (κ1) is 11.9. The summed E-state index contributed by atoms with van der Waals surface area (Å²) < 4.78 is 0. The van der Waals surface area contributed by atoms with Gasteiger partial charge in [-0.2, -0.15) is 0 Å². The maximum Gasteiger partial charge on any atom is 0.164 e. The summed E-state index contributed by atoms with van der Waals surface area (Å²) >= 11 is 0. The molecule has 1 aromatic heterocycles. The molecule has 0 aromatic carbocycles. The number of aromatic nitrogens is 1. The van der Waals surface area contributed by atoms with Crippen LogP contribution in [0.2, 0.25) is 0 Å². The Morgan fingerprint density at radius 3 is 2.80 bits per heavy atom. The van der Waals surface area contributed by atoms with Gasteiger partial charge in [0.25, 0.3) is 0 Å². The molecule has 0 saturated carbocycles. The molecule has 0 aliphatic carbocycles. The van der Waals surface area contributed by atoms with Gasteiger partial charge in [-0.3, -0.25) is 9.78 Å². The predicted molar refractivity (Wildman–Crippen MR) is 62.1 cm³/mol. The molecule has 0 bridgehead atoms. The van der Waals surface area contributed by atoms with Crippen molar-refractivity contribution in [3.8, 4) is 0 Å². The topological polar surface area (TPSA) is 30.0 Å². The quantitative estimate of drug-likeness (QED) is 0.525. The maximum atomic E-state index is 11.8. The van der Waals surface area contributed by atoms with Crippen LogP contribution in [-0.2, 0) is 0 Å². The molecule has 0 radical (unpaired) electrons. The van der Waals surface area contributed by atoms with Gasteiger partial charge in [-0.25, -0.2) is 0 Å². The molecule has 0 aliphatic rings. The molecule has 2 nitrogen and oxygen atoms in total. The van der Waals surface area contributed by atoms with Crippen LogP contribution in [0.15, 0.2) is 18.3 Å². The zero-order valence-electron chi connectivity index (χ0n) is 9.62. The smallest absolute Gasteiger partial charge is 0.164 e. The number of aryl methyl sites for hydroxylation is 1. The third-order valence-electron chi connectivity index (χ3n) is 2.56. The van der Waals surface area contributed by atoms with E-state index in [0.717, 1.165) is 24.1 Å². The monoisotopic (exact) mass is 205 g/mol. The van der Waals surface area contributed by atoms with Crippen LogP contribution in [-0.4, -0.2) is 10.8 Å². The van der Waals surface area contributed by atoms with Gasteiger partial charge in [-0.05, 0) is 25.5 Å². The lowest BCUT2D eigenvalue weighted by Gasteiger charge is -2.03. The van der Waals surface area contributed by atoms with Crippen molar-refractivity contribution in [1.82, 2.24) is 4.98 Å². The lowest BCUT2D eigenvalue weighted by Crippen LogP contribution is -2.02. The van der Waals surface area contributed by atoms with Crippen LogP contribution in [0.4, 0.5) is 0 Å². The zero-order chi connectivity index (χ0) is 11.1. The summed E-state index contributed by atoms with van der Waals surface area (Å²) in [4.78, 5) is 15.9. The highest BCUT2D eigenvalue weighted by atomic mass is 16.1. The second kappa shape index (κ2) is 6.33. The third-order valence-corrected chi connectivity index (χ3v) is 2.56. The van der Waals surface area contributed by atoms with E-state index in [1.54, 1.807) is 6.20 Å². The first-order valence-corrected chi connectivity index (χ1v) is 5.70. The fraction of sp³-hybridized carbons (Fsp3) is 0.538. The Morgan fingerprint density at radius 2 is 2.13 bits per heavy atom. The number of carbonyl (C=O) groups is 1. The Labute approximate surface area is 91.7 Å². The van der Waals surface area contributed by atoms with Crippen LogP contribution in [0.25, 0.3) is 0 Å². The fourth-order valence-electron chi connectivity index (χ4n) is 1.63. The molecule has 0 amide bonds. The van der Waals surface area contributed by atoms with Crippen molar-refractivity contribution in [2.24, 2.45) is 0 Å². The minimum atomic E-state index is 0.233. The molecule has 0 aliphatic heterocycles. The highest BCUT2D eigenvalue weighted by molar-refractivity contribution is 5.96. The normalized spacial score (nSPS) is 10.3. The minimum Gasteiger partial charge on any atom is -0.294 e. The van der Waals surface area contributed by atoms with Crippen LogP contribution in [0.1, 0.15) is 55.1 Å². The maximum absolute atomic E-state index is 11.8. The molecule has 0 N–H and O–H groups in total. The highest BCUT2D eigenvalue weighted by Crippen LogP contribution is 2.11. The number of pyridine rings is 1. The van der Waals surface area contributed by atoms with E-state index in [2.05, 4.69) is 11.9 Å². The van der Waals surface area contributed by atoms with Crippen molar-refractivity contribution >= 4 is 5.78 Å². The summed E-state index contributed by atoms with van der Waals surface area (Å²) in [6.45, 7) is 4.06. The number of nitrogens with zero attached hydrogens (tertiary/aromatic N) is 1. The summed E-state index contributed by atoms with van der Waals surface area (Å²) in [7, 11) is 0. The lowest BCUT2D eigenvalue weighted by atomic mass is 10.0. The second-order valence-corrected chi connectivity index (χ2v) is 3.87. The fourth-order valence-corrected chi connectivity index (χ4v) is 1.63. The zero-order valence-corrected chi connectivity index (χ0v) is 9.62. The molecular weight excluding hydrogens is 186 g/mol. The van der Waals surface area contributed by atoms with Crippen LogP contribution >= 0.6 is 0 Å². The third kappa shape index (κ3) is 3.82. The average molecular weight is 205 g/mol. The van der Waals surface area contributed by atoms with E-state index < -0.39 is 0 Å². The van der Waals surface area contributed by atoms with E-state index in [9.17, 15) is 4.79 Å². The summed E-state index contributed by atoms with van der Waals surface area (Å²) in [6.07, 6.45) is 6.97. The van der Waals surface area contributed by atoms with E-state index in [0.29, 0.717) is 6.42 Å². The van der Waals surface area contributed by atoms with Crippen molar-refractivity contribution in [2.45, 2.75) is 46.0 Å². The number of hydrogen-bond acceptors (Lipinski definition) is 2. The highest BCUT2D eigenvalue weighted by Gasteiger charge is 2.08. The number of carbonyl (C=O) groups excluding carboxylic acids is 1. The molecule has 0 spiro atoms. The molecule has 1 aromatic rings. The minimum absolute atomic E-state index is 0.233. The molecule has 0 saturated heterocycles. The molecular formula is C13H19NO. The van der Waals surface area contributed by atoms with Crippen molar-refractivity contribution in [3.63, 3.8) is 0 Å². The first-order valence-electron chi connectivity index (χ1n) is 5.70. The molecule has 1 heterocycles. The van der Waals surface area contributed by atoms with Gasteiger partial charge in [-0.1, -0.05) is 26.2 Å². The Balaban J connectivity index is 2.44. The van der Waals surface area contributed by atoms with E-state index in [1.165, 1.54) is 12.8 Å². The number of unbranched alkanes of at least 4 members (excludes halogenated alkanes) is 3. The van der Waals surface area contributed by atoms with E-state index in [1.807, 2.05) is 19.1 Å². The number of ketones is 1. The number of hydrogen-bond donors (Lipinski definition) is 0. The Bertz CT molecular complexity index is 320. The standard InChI is InChI=1S/C13H19NO/c1-3-4-5-6-9-13(15)12-8-7-10-14-11(12)2/h7-8,10H,3-6,9H2,1-2H3. The molecule has 1 rings (SSSR count). The number of Topliss-reactive ketones (excluding diaryl/α,β-unsaturated/α-hetero) is 1. The van der Waals surface area contributed by atoms with Gasteiger partial charge >= 0.3 is 0 Å². The van der Waals surface area contributed by atoms with Crippen LogP contribution in [0, 0.1) is 6.92 Å².